The Kier molecular flexibility index (Phi) is 5.70. The van der Waals surface area contributed by atoms with Crippen molar-refractivity contribution in [3.8, 4) is 0 Å². The Morgan fingerprint density at radius 3 is 2.32 bits per heavy atom. The molecule has 0 aromatic carbocycles. The minimum absolute atomic E-state index is 0.595. The van der Waals surface area contributed by atoms with Crippen molar-refractivity contribution >= 4 is 0 Å². The van der Waals surface area contributed by atoms with E-state index < -0.39 is 0 Å². The lowest BCUT2D eigenvalue weighted by Crippen LogP contribution is -2.41. The molecule has 0 bridgehead atoms. The fourth-order valence-corrected chi connectivity index (χ4v) is 3.78. The van der Waals surface area contributed by atoms with E-state index in [2.05, 4.69) is 31.1 Å². The number of hydrogen-bond acceptors (Lipinski definition) is 2. The molecule has 2 heteroatoms. The Morgan fingerprint density at radius 1 is 1.05 bits per heavy atom. The van der Waals surface area contributed by atoms with Crippen LogP contribution >= 0.6 is 0 Å². The minimum Gasteiger partial charge on any atom is -0.315 e. The van der Waals surface area contributed by atoms with Gasteiger partial charge in [-0.25, -0.2) is 0 Å². The van der Waals surface area contributed by atoms with Gasteiger partial charge in [0.1, 0.15) is 0 Å². The minimum atomic E-state index is 0.595. The lowest BCUT2D eigenvalue weighted by molar-refractivity contribution is 0.128. The zero-order chi connectivity index (χ0) is 13.7. The van der Waals surface area contributed by atoms with Crippen LogP contribution in [0, 0.1) is 11.3 Å². The van der Waals surface area contributed by atoms with Crippen molar-refractivity contribution in [3.05, 3.63) is 0 Å². The van der Waals surface area contributed by atoms with Crippen LogP contribution in [0.5, 0.6) is 0 Å². The van der Waals surface area contributed by atoms with Crippen LogP contribution in [0.2, 0.25) is 0 Å². The van der Waals surface area contributed by atoms with Crippen molar-refractivity contribution in [1.29, 1.82) is 0 Å². The summed E-state index contributed by atoms with van der Waals surface area (Å²) in [5, 5.41) is 3.67. The molecule has 2 aliphatic rings. The summed E-state index contributed by atoms with van der Waals surface area (Å²) in [6.45, 7) is 8.50. The molecule has 0 aromatic rings. The molecule has 2 nitrogen and oxygen atoms in total. The van der Waals surface area contributed by atoms with E-state index in [-0.39, 0.29) is 0 Å². The summed E-state index contributed by atoms with van der Waals surface area (Å²) in [6, 6.07) is 0.835. The van der Waals surface area contributed by atoms with Gasteiger partial charge in [-0.2, -0.15) is 0 Å². The van der Waals surface area contributed by atoms with Gasteiger partial charge in [-0.15, -0.1) is 0 Å². The summed E-state index contributed by atoms with van der Waals surface area (Å²) in [5.74, 6) is 0.973. The van der Waals surface area contributed by atoms with Crippen LogP contribution in [0.3, 0.4) is 0 Å². The average molecular weight is 266 g/mol. The highest BCUT2D eigenvalue weighted by Crippen LogP contribution is 2.36. The topological polar surface area (TPSA) is 15.3 Å². The number of nitrogens with one attached hydrogen (secondary N) is 1. The Bertz CT molecular complexity index is 246. The normalized spacial score (nSPS) is 25.3. The molecule has 0 radical (unpaired) electrons. The molecule has 2 rings (SSSR count). The second-order valence-electron chi connectivity index (χ2n) is 7.73. The van der Waals surface area contributed by atoms with Crippen LogP contribution in [-0.2, 0) is 0 Å². The van der Waals surface area contributed by atoms with Crippen LogP contribution in [0.15, 0.2) is 0 Å². The van der Waals surface area contributed by atoms with E-state index in [4.69, 9.17) is 0 Å². The molecule has 0 spiro atoms. The molecule has 0 atom stereocenters. The van der Waals surface area contributed by atoms with E-state index in [1.165, 1.54) is 71.0 Å². The molecule has 0 aliphatic heterocycles. The molecule has 1 N–H and O–H groups in total. The van der Waals surface area contributed by atoms with E-state index in [0.29, 0.717) is 5.41 Å². The first-order valence-electron chi connectivity index (χ1n) is 8.48. The monoisotopic (exact) mass is 266 g/mol. The third-order valence-electron chi connectivity index (χ3n) is 5.48. The molecule has 112 valence electrons. The van der Waals surface area contributed by atoms with E-state index in [9.17, 15) is 0 Å². The summed E-state index contributed by atoms with van der Waals surface area (Å²) in [4.78, 5) is 2.59. The fraction of sp³-hybridized carbons (Fsp3) is 1.00. The van der Waals surface area contributed by atoms with Crippen molar-refractivity contribution in [2.24, 2.45) is 11.3 Å². The van der Waals surface area contributed by atoms with E-state index in [1.54, 1.807) is 0 Å². The highest BCUT2D eigenvalue weighted by Gasteiger charge is 2.28. The molecule has 0 aromatic heterocycles. The van der Waals surface area contributed by atoms with Crippen LogP contribution in [0.4, 0.5) is 0 Å². The van der Waals surface area contributed by atoms with Crippen LogP contribution in [-0.4, -0.2) is 37.6 Å². The molecule has 0 amide bonds. The van der Waals surface area contributed by atoms with Gasteiger partial charge in [-0.3, -0.25) is 0 Å². The van der Waals surface area contributed by atoms with E-state index >= 15 is 0 Å². The number of hydrogen-bond donors (Lipinski definition) is 1. The second-order valence-corrected chi connectivity index (χ2v) is 7.73. The van der Waals surface area contributed by atoms with Crippen LogP contribution in [0.1, 0.15) is 65.2 Å². The zero-order valence-electron chi connectivity index (χ0n) is 13.4. The number of likely N-dealkylation sites (N-methyl/N-ethyl adjacent to an activating group) is 1. The highest BCUT2D eigenvalue weighted by molar-refractivity contribution is 4.83. The predicted octanol–water partition coefficient (Wildman–Crippen LogP) is 3.67. The summed E-state index contributed by atoms with van der Waals surface area (Å²) in [5.41, 5.74) is 0.595. The van der Waals surface area contributed by atoms with Gasteiger partial charge >= 0.3 is 0 Å². The molecule has 2 saturated carbocycles. The molecule has 0 saturated heterocycles. The molecule has 2 fully saturated rings. The maximum atomic E-state index is 3.67. The predicted molar refractivity (Wildman–Crippen MR) is 83.5 cm³/mol. The van der Waals surface area contributed by atoms with Crippen molar-refractivity contribution in [1.82, 2.24) is 10.2 Å². The fourth-order valence-electron chi connectivity index (χ4n) is 3.78. The maximum absolute atomic E-state index is 3.67. The van der Waals surface area contributed by atoms with Gasteiger partial charge < -0.3 is 10.2 Å². The number of rotatable bonds is 6. The van der Waals surface area contributed by atoms with Crippen LogP contribution in [0.25, 0.3) is 0 Å². The van der Waals surface area contributed by atoms with Gasteiger partial charge in [0.15, 0.2) is 0 Å². The van der Waals surface area contributed by atoms with Gasteiger partial charge in [0.25, 0.3) is 0 Å². The summed E-state index contributed by atoms with van der Waals surface area (Å²) >= 11 is 0. The average Bonchev–Trinajstić information content (AvgIpc) is 2.87. The lowest BCUT2D eigenvalue weighted by Gasteiger charge is -2.38. The molecular weight excluding hydrogens is 232 g/mol. The van der Waals surface area contributed by atoms with Gasteiger partial charge in [0.2, 0.25) is 0 Å². The van der Waals surface area contributed by atoms with Gasteiger partial charge in [0.05, 0.1) is 0 Å². The summed E-state index contributed by atoms with van der Waals surface area (Å²) in [7, 11) is 2.32. The molecule has 0 unspecified atom stereocenters. The lowest BCUT2D eigenvalue weighted by atomic mass is 9.75. The first-order chi connectivity index (χ1) is 9.07. The maximum Gasteiger partial charge on any atom is 0.0107 e. The molecule has 0 heterocycles. The van der Waals surface area contributed by atoms with E-state index in [0.717, 1.165) is 12.0 Å². The Balaban J connectivity index is 1.55. The van der Waals surface area contributed by atoms with Gasteiger partial charge in [0, 0.05) is 19.1 Å². The SMILES string of the molecule is CN(CCNCC1CCCC1)C1CCC(C)(C)CC1. The summed E-state index contributed by atoms with van der Waals surface area (Å²) < 4.78 is 0. The first-order valence-corrected chi connectivity index (χ1v) is 8.48. The molecular formula is C17H34N2. The number of nitrogens with zero attached hydrogens (tertiary/aromatic N) is 1. The van der Waals surface area contributed by atoms with Crippen LogP contribution < -0.4 is 5.32 Å². The Labute approximate surface area is 120 Å². The highest BCUT2D eigenvalue weighted by atomic mass is 15.1. The molecule has 19 heavy (non-hydrogen) atoms. The zero-order valence-corrected chi connectivity index (χ0v) is 13.4. The standard InChI is InChI=1S/C17H34N2/c1-17(2)10-8-16(9-11-17)19(3)13-12-18-14-15-6-4-5-7-15/h15-16,18H,4-14H2,1-3H3. The van der Waals surface area contributed by atoms with Crippen molar-refractivity contribution in [3.63, 3.8) is 0 Å². The second kappa shape index (κ2) is 7.08. The van der Waals surface area contributed by atoms with Crippen molar-refractivity contribution < 1.29 is 0 Å². The Morgan fingerprint density at radius 2 is 1.68 bits per heavy atom. The largest absolute Gasteiger partial charge is 0.315 e. The van der Waals surface area contributed by atoms with E-state index in [1.807, 2.05) is 0 Å². The molecule has 2 aliphatic carbocycles. The third-order valence-corrected chi connectivity index (χ3v) is 5.48. The van der Waals surface area contributed by atoms with Crippen molar-refractivity contribution in [2.75, 3.05) is 26.7 Å². The summed E-state index contributed by atoms with van der Waals surface area (Å²) in [6.07, 6.45) is 11.4. The third kappa shape index (κ3) is 5.07. The van der Waals surface area contributed by atoms with Crippen molar-refractivity contribution in [2.45, 2.75) is 71.3 Å². The van der Waals surface area contributed by atoms with Gasteiger partial charge in [-0.1, -0.05) is 26.7 Å². The van der Waals surface area contributed by atoms with Gasteiger partial charge in [-0.05, 0) is 63.5 Å². The first kappa shape index (κ1) is 15.3. The quantitative estimate of drug-likeness (QED) is 0.738. The smallest absolute Gasteiger partial charge is 0.0107 e. The Hall–Kier alpha value is -0.0800.